The molecule has 38 valence electrons. The molecule has 0 unspecified atom stereocenters. The topological polar surface area (TPSA) is 46.5 Å². The second-order valence-corrected chi connectivity index (χ2v) is 0.827. The molecule has 0 aromatic heterocycles. The third-order valence-corrected chi connectivity index (χ3v) is 0.268. The van der Waals surface area contributed by atoms with Crippen LogP contribution < -0.4 is 0 Å². The number of hydrogen-bond donors (Lipinski definition) is 1. The number of carboxylic acid groups (broad SMARTS) is 1. The van der Waals surface area contributed by atoms with Crippen molar-refractivity contribution in [3.8, 4) is 0 Å². The Balaban J connectivity index is 0. The summed E-state index contributed by atoms with van der Waals surface area (Å²) in [6.45, 7) is -0.208. The molecule has 0 saturated heterocycles. The van der Waals surface area contributed by atoms with Crippen LogP contribution in [0, 0.1) is 0 Å². The fourth-order valence-electron chi connectivity index (χ4n) is 0.123. The molecule has 0 aliphatic rings. The van der Waals surface area contributed by atoms with E-state index in [1.807, 2.05) is 0 Å². The molecule has 0 aromatic rings. The maximum absolute atomic E-state index is 9.47. The zero-order valence-corrected chi connectivity index (χ0v) is 3.47. The molecular weight excluding hydrogens is 123 g/mol. The van der Waals surface area contributed by atoms with Crippen molar-refractivity contribution >= 4 is 57.4 Å². The molecule has 4 heteroatoms. The monoisotopic (exact) mass is 130 g/mol. The van der Waals surface area contributed by atoms with E-state index in [2.05, 4.69) is 4.74 Å². The van der Waals surface area contributed by atoms with Crippen LogP contribution in [0.15, 0.2) is 0 Å². The predicted octanol–water partition coefficient (Wildman–Crippen LogP) is -0.931. The SMILES string of the molecule is COCC(=O)O.[KH]. The Morgan fingerprint density at radius 2 is 2.29 bits per heavy atom. The van der Waals surface area contributed by atoms with Gasteiger partial charge in [-0.05, 0) is 0 Å². The van der Waals surface area contributed by atoms with Gasteiger partial charge in [-0.3, -0.25) is 0 Å². The van der Waals surface area contributed by atoms with Crippen molar-refractivity contribution in [3.63, 3.8) is 0 Å². The summed E-state index contributed by atoms with van der Waals surface area (Å²) in [6.07, 6.45) is 0. The number of carbonyl (C=O) groups is 1. The van der Waals surface area contributed by atoms with Gasteiger partial charge in [0.2, 0.25) is 0 Å². The number of rotatable bonds is 2. The van der Waals surface area contributed by atoms with Crippen molar-refractivity contribution in [2.45, 2.75) is 0 Å². The summed E-state index contributed by atoms with van der Waals surface area (Å²) < 4.78 is 4.20. The van der Waals surface area contributed by atoms with Crippen LogP contribution in [0.2, 0.25) is 0 Å². The summed E-state index contributed by atoms with van der Waals surface area (Å²) in [4.78, 5) is 9.47. The molecule has 0 rings (SSSR count). The molecule has 0 aliphatic heterocycles. The van der Waals surface area contributed by atoms with Crippen LogP contribution in [0.5, 0.6) is 0 Å². The molecule has 0 fully saturated rings. The average Bonchev–Trinajstić information content (AvgIpc) is 1.35. The second-order valence-electron chi connectivity index (χ2n) is 0.827. The molecule has 0 atom stereocenters. The standard InChI is InChI=1S/C3H6O3.K.H/c1-6-2-3(4)5;;/h2H2,1H3,(H,4,5);;. The molecule has 0 amide bonds. The summed E-state index contributed by atoms with van der Waals surface area (Å²) >= 11 is 0. The van der Waals surface area contributed by atoms with E-state index in [1.54, 1.807) is 0 Å². The van der Waals surface area contributed by atoms with Crippen LogP contribution >= 0.6 is 0 Å². The van der Waals surface area contributed by atoms with E-state index >= 15 is 0 Å². The van der Waals surface area contributed by atoms with E-state index in [9.17, 15) is 4.79 Å². The Morgan fingerprint density at radius 1 is 1.86 bits per heavy atom. The first-order valence-electron chi connectivity index (χ1n) is 1.48. The molecule has 3 nitrogen and oxygen atoms in total. The Kier molecular flexibility index (Phi) is 11.0. The Labute approximate surface area is 84.5 Å². The summed E-state index contributed by atoms with van der Waals surface area (Å²) in [5.41, 5.74) is 0. The van der Waals surface area contributed by atoms with Crippen LogP contribution in [0.1, 0.15) is 0 Å². The fraction of sp³-hybridized carbons (Fsp3) is 0.667. The number of aliphatic carboxylic acids is 1. The first kappa shape index (κ1) is 10.9. The van der Waals surface area contributed by atoms with E-state index in [1.165, 1.54) is 7.11 Å². The molecule has 0 aromatic carbocycles. The van der Waals surface area contributed by atoms with E-state index in [-0.39, 0.29) is 58.0 Å². The maximum atomic E-state index is 9.47. The van der Waals surface area contributed by atoms with E-state index < -0.39 is 5.97 Å². The summed E-state index contributed by atoms with van der Waals surface area (Å²) in [7, 11) is 1.34. The summed E-state index contributed by atoms with van der Waals surface area (Å²) in [6, 6.07) is 0. The van der Waals surface area contributed by atoms with Gasteiger partial charge in [0.05, 0.1) is 0 Å². The quantitative estimate of drug-likeness (QED) is 0.491. The summed E-state index contributed by atoms with van der Waals surface area (Å²) in [5.74, 6) is -0.933. The second kappa shape index (κ2) is 7.07. The van der Waals surface area contributed by atoms with Gasteiger partial charge in [0, 0.05) is 7.11 Å². The van der Waals surface area contributed by atoms with Crippen LogP contribution in [0.4, 0.5) is 0 Å². The third-order valence-electron chi connectivity index (χ3n) is 0.268. The first-order valence-corrected chi connectivity index (χ1v) is 1.48. The molecule has 7 heavy (non-hydrogen) atoms. The van der Waals surface area contributed by atoms with Crippen molar-refractivity contribution in [1.29, 1.82) is 0 Å². The molecular formula is C3H7KO3. The van der Waals surface area contributed by atoms with Crippen molar-refractivity contribution in [2.75, 3.05) is 13.7 Å². The minimum atomic E-state index is -0.933. The minimum absolute atomic E-state index is 0. The zero-order valence-electron chi connectivity index (χ0n) is 3.47. The van der Waals surface area contributed by atoms with Crippen LogP contribution in [-0.2, 0) is 9.53 Å². The Bertz CT molecular complexity index is 54.1. The molecule has 0 saturated carbocycles. The molecule has 0 radical (unpaired) electrons. The predicted molar refractivity (Wildman–Crippen MR) is 26.7 cm³/mol. The van der Waals surface area contributed by atoms with Gasteiger partial charge in [-0.1, -0.05) is 0 Å². The molecule has 0 bridgehead atoms. The molecule has 0 aliphatic carbocycles. The van der Waals surface area contributed by atoms with Crippen molar-refractivity contribution < 1.29 is 14.6 Å². The number of methoxy groups -OCH3 is 1. The first-order chi connectivity index (χ1) is 2.77. The fourth-order valence-corrected chi connectivity index (χ4v) is 0.123. The van der Waals surface area contributed by atoms with Gasteiger partial charge in [0.25, 0.3) is 0 Å². The van der Waals surface area contributed by atoms with Gasteiger partial charge in [-0.15, -0.1) is 0 Å². The van der Waals surface area contributed by atoms with Crippen molar-refractivity contribution in [1.82, 2.24) is 0 Å². The average molecular weight is 130 g/mol. The van der Waals surface area contributed by atoms with Gasteiger partial charge in [0.15, 0.2) is 0 Å². The van der Waals surface area contributed by atoms with Crippen molar-refractivity contribution in [3.05, 3.63) is 0 Å². The summed E-state index contributed by atoms with van der Waals surface area (Å²) in [5, 5.41) is 7.79. The van der Waals surface area contributed by atoms with Gasteiger partial charge in [0.1, 0.15) is 6.61 Å². The number of hydrogen-bond acceptors (Lipinski definition) is 2. The third kappa shape index (κ3) is 11.0. The zero-order chi connectivity index (χ0) is 4.99. The van der Waals surface area contributed by atoms with E-state index in [0.717, 1.165) is 0 Å². The number of ether oxygens (including phenoxy) is 1. The normalized spacial score (nSPS) is 7.00. The van der Waals surface area contributed by atoms with Gasteiger partial charge in [-0.25, -0.2) is 4.79 Å². The van der Waals surface area contributed by atoms with E-state index in [0.29, 0.717) is 0 Å². The van der Waals surface area contributed by atoms with Crippen molar-refractivity contribution in [2.24, 2.45) is 0 Å². The Morgan fingerprint density at radius 3 is 2.29 bits per heavy atom. The van der Waals surface area contributed by atoms with Crippen LogP contribution in [-0.4, -0.2) is 76.2 Å². The van der Waals surface area contributed by atoms with Crippen LogP contribution in [0.3, 0.4) is 0 Å². The van der Waals surface area contributed by atoms with Gasteiger partial charge in [-0.2, -0.15) is 0 Å². The molecule has 0 heterocycles. The van der Waals surface area contributed by atoms with Gasteiger partial charge >= 0.3 is 57.4 Å². The van der Waals surface area contributed by atoms with E-state index in [4.69, 9.17) is 5.11 Å². The van der Waals surface area contributed by atoms with Crippen LogP contribution in [0.25, 0.3) is 0 Å². The Hall–Kier alpha value is 1.07. The number of carboxylic acids is 1. The van der Waals surface area contributed by atoms with Gasteiger partial charge < -0.3 is 9.84 Å². The molecule has 1 N–H and O–H groups in total. The molecule has 0 spiro atoms.